The molecule has 0 aliphatic carbocycles. The van der Waals surface area contributed by atoms with Crippen molar-refractivity contribution in [3.63, 3.8) is 0 Å². The Hall–Kier alpha value is -1.40. The Balaban J connectivity index is 3.32. The second-order valence-electron chi connectivity index (χ2n) is 19.6. The number of amides is 1. The largest absolute Gasteiger partial charge is 0.466 e. The molecule has 0 rings (SSSR count). The van der Waals surface area contributed by atoms with Gasteiger partial charge in [-0.05, 0) is 44.9 Å². The first-order valence-corrected chi connectivity index (χ1v) is 28.4. The van der Waals surface area contributed by atoms with E-state index in [0.717, 1.165) is 44.9 Å². The molecule has 0 aliphatic rings. The van der Waals surface area contributed by atoms with Crippen LogP contribution in [0, 0.1) is 0 Å². The minimum Gasteiger partial charge on any atom is -0.466 e. The van der Waals surface area contributed by atoms with Crippen molar-refractivity contribution in [1.82, 2.24) is 5.32 Å². The molecular weight excluding hydrogens is 779 g/mol. The molecule has 2 atom stereocenters. The Kier molecular flexibility index (Phi) is 52.0. The summed E-state index contributed by atoms with van der Waals surface area (Å²) in [6, 6.07) is -0.536. The molecule has 6 nitrogen and oxygen atoms in total. The zero-order valence-corrected chi connectivity index (χ0v) is 42.6. The van der Waals surface area contributed by atoms with Crippen LogP contribution in [0.2, 0.25) is 0 Å². The number of carbonyl (C=O) groups is 2. The van der Waals surface area contributed by atoms with Gasteiger partial charge >= 0.3 is 5.97 Å². The number of esters is 1. The van der Waals surface area contributed by atoms with Crippen LogP contribution in [-0.2, 0) is 14.3 Å². The van der Waals surface area contributed by atoms with Crippen molar-refractivity contribution in [3.8, 4) is 0 Å². The number of rotatable bonds is 53. The summed E-state index contributed by atoms with van der Waals surface area (Å²) in [4.78, 5) is 24.4. The summed E-state index contributed by atoms with van der Waals surface area (Å²) in [5.41, 5.74) is 0. The predicted octanol–water partition coefficient (Wildman–Crippen LogP) is 17.3. The Morgan fingerprint density at radius 3 is 1.17 bits per heavy atom. The fraction of sp³-hybridized carbons (Fsp3) is 0.930. The van der Waals surface area contributed by atoms with E-state index in [9.17, 15) is 19.8 Å². The minimum atomic E-state index is -0.659. The third-order valence-electron chi connectivity index (χ3n) is 13.3. The van der Waals surface area contributed by atoms with Crippen LogP contribution >= 0.6 is 0 Å². The molecule has 0 aromatic rings. The van der Waals surface area contributed by atoms with E-state index in [2.05, 4.69) is 31.3 Å². The maximum atomic E-state index is 12.4. The summed E-state index contributed by atoms with van der Waals surface area (Å²) in [7, 11) is 0. The maximum Gasteiger partial charge on any atom is 0.305 e. The molecule has 0 bridgehead atoms. The summed E-state index contributed by atoms with van der Waals surface area (Å²) in [6.07, 6.45) is 62.2. The standard InChI is InChI=1S/C57H111NO5/c1-3-5-7-9-11-13-30-35-39-43-47-51-57(62)63-52-48-44-40-36-32-29-27-25-23-21-19-17-15-14-16-18-20-22-24-26-28-31-34-38-42-46-50-56(61)58-54(53-59)55(60)49-45-41-37-33-12-10-8-6-4-2/h9,11,54-55,59-60H,3-8,10,12-53H2,1-2H3,(H,58,61)/b11-9-. The average Bonchev–Trinajstić information content (AvgIpc) is 3.28. The van der Waals surface area contributed by atoms with Gasteiger partial charge in [-0.3, -0.25) is 9.59 Å². The molecular formula is C57H111NO5. The van der Waals surface area contributed by atoms with Crippen molar-refractivity contribution < 1.29 is 24.5 Å². The summed E-state index contributed by atoms with van der Waals surface area (Å²) in [5, 5.41) is 23.1. The van der Waals surface area contributed by atoms with Crippen LogP contribution in [-0.4, -0.2) is 47.4 Å². The molecule has 374 valence electrons. The molecule has 0 heterocycles. The second-order valence-corrected chi connectivity index (χ2v) is 19.6. The van der Waals surface area contributed by atoms with Gasteiger partial charge < -0.3 is 20.3 Å². The van der Waals surface area contributed by atoms with Crippen molar-refractivity contribution in [2.24, 2.45) is 0 Å². The van der Waals surface area contributed by atoms with Gasteiger partial charge in [-0.1, -0.05) is 270 Å². The summed E-state index contributed by atoms with van der Waals surface area (Å²) in [5.74, 6) is -0.0280. The first kappa shape index (κ1) is 61.6. The molecule has 0 aliphatic heterocycles. The van der Waals surface area contributed by atoms with Crippen LogP contribution in [0.5, 0.6) is 0 Å². The van der Waals surface area contributed by atoms with Gasteiger partial charge in [-0.2, -0.15) is 0 Å². The highest BCUT2D eigenvalue weighted by Crippen LogP contribution is 2.18. The van der Waals surface area contributed by atoms with E-state index in [-0.39, 0.29) is 18.5 Å². The second kappa shape index (κ2) is 53.2. The number of hydrogen-bond donors (Lipinski definition) is 3. The lowest BCUT2D eigenvalue weighted by molar-refractivity contribution is -0.143. The van der Waals surface area contributed by atoms with Crippen LogP contribution in [0.1, 0.15) is 316 Å². The van der Waals surface area contributed by atoms with Gasteiger partial charge in [0, 0.05) is 12.8 Å². The molecule has 0 saturated carbocycles. The Labute approximate surface area is 393 Å². The molecule has 0 aromatic heterocycles. The number of aliphatic hydroxyl groups excluding tert-OH is 2. The third kappa shape index (κ3) is 49.9. The van der Waals surface area contributed by atoms with Crippen LogP contribution in [0.4, 0.5) is 0 Å². The van der Waals surface area contributed by atoms with Crippen molar-refractivity contribution in [3.05, 3.63) is 12.2 Å². The average molecular weight is 891 g/mol. The van der Waals surface area contributed by atoms with E-state index in [4.69, 9.17) is 4.74 Å². The number of hydrogen-bond acceptors (Lipinski definition) is 5. The maximum absolute atomic E-state index is 12.4. The number of aliphatic hydroxyl groups is 2. The fourth-order valence-electron chi connectivity index (χ4n) is 8.92. The number of carbonyl (C=O) groups excluding carboxylic acids is 2. The Morgan fingerprint density at radius 2 is 0.762 bits per heavy atom. The van der Waals surface area contributed by atoms with Gasteiger partial charge in [0.05, 0.1) is 25.4 Å². The SMILES string of the molecule is CCCC/C=C\CCCCCCCC(=O)OCCCCCCCCCCCCCCCCCCCCCCCCCCCCC(=O)NC(CO)C(O)CCCCCCCCCCC. The van der Waals surface area contributed by atoms with E-state index in [1.165, 1.54) is 238 Å². The highest BCUT2D eigenvalue weighted by Gasteiger charge is 2.20. The first-order chi connectivity index (χ1) is 31.0. The lowest BCUT2D eigenvalue weighted by Gasteiger charge is -2.22. The Bertz CT molecular complexity index is 939. The van der Waals surface area contributed by atoms with E-state index in [0.29, 0.717) is 25.9 Å². The van der Waals surface area contributed by atoms with Gasteiger partial charge in [0.2, 0.25) is 5.91 Å². The van der Waals surface area contributed by atoms with Crippen molar-refractivity contribution in [1.29, 1.82) is 0 Å². The first-order valence-electron chi connectivity index (χ1n) is 28.4. The molecule has 0 spiro atoms. The minimum absolute atomic E-state index is 0.00620. The third-order valence-corrected chi connectivity index (χ3v) is 13.3. The molecule has 3 N–H and O–H groups in total. The molecule has 1 amide bonds. The lowest BCUT2D eigenvalue weighted by atomic mass is 10.0. The smallest absolute Gasteiger partial charge is 0.305 e. The van der Waals surface area contributed by atoms with E-state index >= 15 is 0 Å². The van der Waals surface area contributed by atoms with Gasteiger partial charge in [-0.15, -0.1) is 0 Å². The summed E-state index contributed by atoms with van der Waals surface area (Å²) in [6.45, 7) is 4.90. The van der Waals surface area contributed by atoms with Crippen molar-refractivity contribution in [2.45, 2.75) is 328 Å². The van der Waals surface area contributed by atoms with E-state index < -0.39 is 12.1 Å². The van der Waals surface area contributed by atoms with Gasteiger partial charge in [0.25, 0.3) is 0 Å². The lowest BCUT2D eigenvalue weighted by Crippen LogP contribution is -2.45. The molecule has 6 heteroatoms. The zero-order chi connectivity index (χ0) is 45.8. The molecule has 2 unspecified atom stereocenters. The molecule has 0 aromatic carbocycles. The number of allylic oxidation sites excluding steroid dienone is 2. The van der Waals surface area contributed by atoms with Crippen LogP contribution in [0.3, 0.4) is 0 Å². The van der Waals surface area contributed by atoms with E-state index in [1.54, 1.807) is 0 Å². The highest BCUT2D eigenvalue weighted by molar-refractivity contribution is 5.76. The van der Waals surface area contributed by atoms with Crippen LogP contribution in [0.15, 0.2) is 12.2 Å². The van der Waals surface area contributed by atoms with Crippen molar-refractivity contribution in [2.75, 3.05) is 13.2 Å². The van der Waals surface area contributed by atoms with Gasteiger partial charge in [-0.25, -0.2) is 0 Å². The predicted molar refractivity (Wildman–Crippen MR) is 273 cm³/mol. The fourth-order valence-corrected chi connectivity index (χ4v) is 8.92. The topological polar surface area (TPSA) is 95.9 Å². The normalized spacial score (nSPS) is 12.6. The number of nitrogens with one attached hydrogen (secondary N) is 1. The summed E-state index contributed by atoms with van der Waals surface area (Å²) < 4.78 is 5.46. The molecule has 0 radical (unpaired) electrons. The van der Waals surface area contributed by atoms with Gasteiger partial charge in [0.1, 0.15) is 0 Å². The van der Waals surface area contributed by atoms with Crippen molar-refractivity contribution >= 4 is 11.9 Å². The number of unbranched alkanes of at least 4 members (excludes halogenated alkanes) is 40. The molecule has 0 saturated heterocycles. The quantitative estimate of drug-likeness (QED) is 0.0321. The van der Waals surface area contributed by atoms with Crippen LogP contribution in [0.25, 0.3) is 0 Å². The van der Waals surface area contributed by atoms with Crippen LogP contribution < -0.4 is 5.32 Å². The Morgan fingerprint density at radius 1 is 0.429 bits per heavy atom. The zero-order valence-electron chi connectivity index (χ0n) is 42.6. The van der Waals surface area contributed by atoms with E-state index in [1.807, 2.05) is 0 Å². The van der Waals surface area contributed by atoms with Gasteiger partial charge in [0.15, 0.2) is 0 Å². The summed E-state index contributed by atoms with van der Waals surface area (Å²) >= 11 is 0. The highest BCUT2D eigenvalue weighted by atomic mass is 16.5. The number of ether oxygens (including phenoxy) is 1. The molecule has 63 heavy (non-hydrogen) atoms. The monoisotopic (exact) mass is 890 g/mol. The molecule has 0 fully saturated rings.